The van der Waals surface area contributed by atoms with Crippen LogP contribution in [0.15, 0.2) is 18.2 Å². The van der Waals surface area contributed by atoms with E-state index in [1.165, 1.54) is 0 Å². The number of hydrogen-bond acceptors (Lipinski definition) is 2. The first-order chi connectivity index (χ1) is 10.6. The Morgan fingerprint density at radius 1 is 1.27 bits per heavy atom. The third kappa shape index (κ3) is 2.31. The Hall–Kier alpha value is -1.84. The lowest BCUT2D eigenvalue weighted by Gasteiger charge is -2.21. The van der Waals surface area contributed by atoms with Crippen LogP contribution in [0, 0.1) is 5.92 Å². The van der Waals surface area contributed by atoms with Gasteiger partial charge < -0.3 is 10.6 Å². The second-order valence-electron chi connectivity index (χ2n) is 6.51. The van der Waals surface area contributed by atoms with Crippen LogP contribution >= 0.6 is 0 Å². The van der Waals surface area contributed by atoms with Gasteiger partial charge in [0, 0.05) is 17.3 Å². The molecule has 4 heteroatoms. The minimum Gasteiger partial charge on any atom is -0.326 e. The van der Waals surface area contributed by atoms with Gasteiger partial charge in [0.25, 0.3) is 0 Å². The molecule has 1 fully saturated rings. The van der Waals surface area contributed by atoms with Crippen LogP contribution < -0.4 is 10.6 Å². The van der Waals surface area contributed by atoms with Gasteiger partial charge in [-0.15, -0.1) is 0 Å². The van der Waals surface area contributed by atoms with E-state index in [-0.39, 0.29) is 23.1 Å². The van der Waals surface area contributed by atoms with Gasteiger partial charge in [-0.05, 0) is 49.4 Å². The minimum absolute atomic E-state index is 0.0495. The normalized spacial score (nSPS) is 18.6. The molecule has 0 radical (unpaired) electrons. The molecule has 2 aliphatic rings. The van der Waals surface area contributed by atoms with Crippen LogP contribution in [0.4, 0.5) is 11.4 Å². The number of rotatable bonds is 4. The van der Waals surface area contributed by atoms with E-state index in [1.807, 2.05) is 32.0 Å². The van der Waals surface area contributed by atoms with Gasteiger partial charge in [0.1, 0.15) is 0 Å². The summed E-state index contributed by atoms with van der Waals surface area (Å²) in [4.78, 5) is 24.6. The molecule has 0 saturated heterocycles. The summed E-state index contributed by atoms with van der Waals surface area (Å²) in [6, 6.07) is 5.80. The van der Waals surface area contributed by atoms with E-state index >= 15 is 0 Å². The summed E-state index contributed by atoms with van der Waals surface area (Å²) in [6.45, 7) is 4.07. The number of nitrogens with one attached hydrogen (secondary N) is 2. The molecule has 4 nitrogen and oxygen atoms in total. The molecule has 2 amide bonds. The molecule has 1 heterocycles. The van der Waals surface area contributed by atoms with E-state index in [0.717, 1.165) is 55.5 Å². The summed E-state index contributed by atoms with van der Waals surface area (Å²) in [6.07, 6.45) is 5.70. The van der Waals surface area contributed by atoms with Crippen LogP contribution in [-0.4, -0.2) is 11.8 Å². The lowest BCUT2D eigenvalue weighted by molar-refractivity contribution is -0.121. The summed E-state index contributed by atoms with van der Waals surface area (Å²) in [5, 5.41) is 6.02. The summed E-state index contributed by atoms with van der Waals surface area (Å²) in [5.41, 5.74) is 2.42. The van der Waals surface area contributed by atoms with Crippen molar-refractivity contribution >= 4 is 23.2 Å². The fourth-order valence-electron chi connectivity index (χ4n) is 3.87. The number of benzene rings is 1. The van der Waals surface area contributed by atoms with Crippen LogP contribution in [0.1, 0.15) is 57.9 Å². The number of amides is 2. The van der Waals surface area contributed by atoms with E-state index in [0.29, 0.717) is 0 Å². The van der Waals surface area contributed by atoms with Crippen molar-refractivity contribution in [2.45, 2.75) is 57.8 Å². The minimum atomic E-state index is -0.356. The van der Waals surface area contributed by atoms with Gasteiger partial charge in [-0.3, -0.25) is 9.59 Å². The molecular formula is C18H24N2O2. The molecule has 0 atom stereocenters. The molecule has 1 aromatic rings. The Morgan fingerprint density at radius 2 is 1.95 bits per heavy atom. The van der Waals surface area contributed by atoms with Crippen molar-refractivity contribution in [2.24, 2.45) is 5.92 Å². The lowest BCUT2D eigenvalue weighted by atomic mass is 9.80. The van der Waals surface area contributed by atoms with Gasteiger partial charge in [-0.2, -0.15) is 0 Å². The smallest absolute Gasteiger partial charge is 0.235 e. The van der Waals surface area contributed by atoms with Crippen molar-refractivity contribution in [3.8, 4) is 0 Å². The maximum Gasteiger partial charge on any atom is 0.235 e. The van der Waals surface area contributed by atoms with Crippen molar-refractivity contribution in [3.05, 3.63) is 23.8 Å². The monoisotopic (exact) mass is 300 g/mol. The Kier molecular flexibility index (Phi) is 3.94. The van der Waals surface area contributed by atoms with Gasteiger partial charge in [0.15, 0.2) is 0 Å². The average molecular weight is 300 g/mol. The zero-order valence-electron chi connectivity index (χ0n) is 13.4. The molecule has 1 aliphatic carbocycles. The Labute approximate surface area is 131 Å². The molecule has 22 heavy (non-hydrogen) atoms. The van der Waals surface area contributed by atoms with Crippen LogP contribution in [0.25, 0.3) is 0 Å². The molecule has 1 aromatic carbocycles. The first kappa shape index (κ1) is 15.1. The largest absolute Gasteiger partial charge is 0.326 e. The number of carbonyl (C=O) groups is 2. The number of fused-ring (bicyclic) bond motifs is 2. The highest BCUT2D eigenvalue weighted by atomic mass is 16.2. The molecule has 2 N–H and O–H groups in total. The molecule has 0 aromatic heterocycles. The SMILES string of the molecule is CCC(CC)C(=O)Nc1ccc2c(c1)C1(CCCC1)C(=O)N2. The summed E-state index contributed by atoms with van der Waals surface area (Å²) >= 11 is 0. The number of carbonyl (C=O) groups excluding carboxylic acids is 2. The Balaban J connectivity index is 1.87. The third-order valence-electron chi connectivity index (χ3n) is 5.30. The average Bonchev–Trinajstić information content (AvgIpc) is 3.09. The first-order valence-electron chi connectivity index (χ1n) is 8.37. The van der Waals surface area contributed by atoms with Crippen LogP contribution in [-0.2, 0) is 15.0 Å². The topological polar surface area (TPSA) is 58.2 Å². The van der Waals surface area contributed by atoms with Crippen molar-refractivity contribution < 1.29 is 9.59 Å². The lowest BCUT2D eigenvalue weighted by Crippen LogP contribution is -2.31. The zero-order valence-corrected chi connectivity index (χ0v) is 13.4. The number of anilines is 2. The second-order valence-corrected chi connectivity index (χ2v) is 6.51. The molecule has 1 spiro atoms. The van der Waals surface area contributed by atoms with Gasteiger partial charge >= 0.3 is 0 Å². The Morgan fingerprint density at radius 3 is 2.59 bits per heavy atom. The summed E-state index contributed by atoms with van der Waals surface area (Å²) in [5.74, 6) is 0.250. The maximum atomic E-state index is 12.4. The molecule has 0 bridgehead atoms. The Bertz CT molecular complexity index is 599. The molecule has 118 valence electrons. The van der Waals surface area contributed by atoms with Crippen molar-refractivity contribution in [1.29, 1.82) is 0 Å². The van der Waals surface area contributed by atoms with Gasteiger partial charge in [0.05, 0.1) is 5.41 Å². The summed E-state index contributed by atoms with van der Waals surface area (Å²) in [7, 11) is 0. The predicted molar refractivity (Wildman–Crippen MR) is 87.9 cm³/mol. The molecule has 1 saturated carbocycles. The van der Waals surface area contributed by atoms with Crippen molar-refractivity contribution in [3.63, 3.8) is 0 Å². The maximum absolute atomic E-state index is 12.4. The number of hydrogen-bond donors (Lipinski definition) is 2. The fraction of sp³-hybridized carbons (Fsp3) is 0.556. The standard InChI is InChI=1S/C18H24N2O2/c1-3-12(4-2)16(21)19-13-7-8-15-14(11-13)18(17(22)20-15)9-5-6-10-18/h7-8,11-12H,3-6,9-10H2,1-2H3,(H,19,21)(H,20,22). The van der Waals surface area contributed by atoms with Gasteiger partial charge in [-0.25, -0.2) is 0 Å². The van der Waals surface area contributed by atoms with E-state index < -0.39 is 0 Å². The fourth-order valence-corrected chi connectivity index (χ4v) is 3.87. The van der Waals surface area contributed by atoms with Gasteiger partial charge in [0.2, 0.25) is 11.8 Å². The van der Waals surface area contributed by atoms with E-state index in [1.54, 1.807) is 0 Å². The first-order valence-corrected chi connectivity index (χ1v) is 8.37. The third-order valence-corrected chi connectivity index (χ3v) is 5.30. The van der Waals surface area contributed by atoms with Crippen molar-refractivity contribution in [2.75, 3.05) is 10.6 Å². The van der Waals surface area contributed by atoms with Crippen molar-refractivity contribution in [1.82, 2.24) is 0 Å². The van der Waals surface area contributed by atoms with E-state index in [9.17, 15) is 9.59 Å². The quantitative estimate of drug-likeness (QED) is 0.888. The predicted octanol–water partition coefficient (Wildman–Crippen LogP) is 3.83. The van der Waals surface area contributed by atoms with E-state index in [2.05, 4.69) is 10.6 Å². The van der Waals surface area contributed by atoms with E-state index in [4.69, 9.17) is 0 Å². The highest BCUT2D eigenvalue weighted by Gasteiger charge is 2.48. The highest BCUT2D eigenvalue weighted by molar-refractivity contribution is 6.07. The zero-order chi connectivity index (χ0) is 15.7. The van der Waals surface area contributed by atoms with Crippen LogP contribution in [0.3, 0.4) is 0 Å². The summed E-state index contributed by atoms with van der Waals surface area (Å²) < 4.78 is 0. The van der Waals surface area contributed by atoms with Crippen LogP contribution in [0.2, 0.25) is 0 Å². The van der Waals surface area contributed by atoms with Crippen LogP contribution in [0.5, 0.6) is 0 Å². The second kappa shape index (κ2) is 5.75. The molecule has 3 rings (SSSR count). The molecule has 1 aliphatic heterocycles. The molecular weight excluding hydrogens is 276 g/mol. The highest BCUT2D eigenvalue weighted by Crippen LogP contribution is 2.49. The van der Waals surface area contributed by atoms with Gasteiger partial charge in [-0.1, -0.05) is 26.7 Å². The molecule has 0 unspecified atom stereocenters.